The Kier molecular flexibility index (Phi) is 8.01. The van der Waals surface area contributed by atoms with Crippen LogP contribution in [0.15, 0.2) is 36.4 Å². The molecule has 0 aromatic heterocycles. The van der Waals surface area contributed by atoms with E-state index in [-0.39, 0.29) is 24.4 Å². The molecule has 0 bridgehead atoms. The number of rotatable bonds is 7. The van der Waals surface area contributed by atoms with Gasteiger partial charge in [0.2, 0.25) is 5.91 Å². The summed E-state index contributed by atoms with van der Waals surface area (Å²) in [5, 5.41) is 6.57. The van der Waals surface area contributed by atoms with Crippen LogP contribution in [0.4, 0.5) is 5.69 Å². The predicted octanol–water partition coefficient (Wildman–Crippen LogP) is 3.84. The van der Waals surface area contributed by atoms with Crippen molar-refractivity contribution in [2.24, 2.45) is 0 Å². The van der Waals surface area contributed by atoms with E-state index >= 15 is 0 Å². The Balaban J connectivity index is 1.47. The van der Waals surface area contributed by atoms with Gasteiger partial charge < -0.3 is 20.1 Å². The summed E-state index contributed by atoms with van der Waals surface area (Å²) in [5.74, 6) is 0.769. The molecule has 31 heavy (non-hydrogen) atoms. The molecule has 0 atom stereocenters. The van der Waals surface area contributed by atoms with Gasteiger partial charge in [-0.1, -0.05) is 29.3 Å². The second kappa shape index (κ2) is 10.7. The lowest BCUT2D eigenvalue weighted by Crippen LogP contribution is -2.46. The minimum Gasteiger partial charge on any atom is -0.493 e. The lowest BCUT2D eigenvalue weighted by Gasteiger charge is -2.31. The Labute approximate surface area is 191 Å². The normalized spacial score (nSPS) is 14.7. The molecule has 1 aliphatic heterocycles. The third-order valence-electron chi connectivity index (χ3n) is 5.16. The fourth-order valence-corrected chi connectivity index (χ4v) is 3.82. The summed E-state index contributed by atoms with van der Waals surface area (Å²) >= 11 is 12.1. The average molecular weight is 466 g/mol. The largest absolute Gasteiger partial charge is 0.493 e. The van der Waals surface area contributed by atoms with Gasteiger partial charge in [-0.3, -0.25) is 14.5 Å². The van der Waals surface area contributed by atoms with Gasteiger partial charge in [-0.15, -0.1) is 0 Å². The topological polar surface area (TPSA) is 79.9 Å². The molecule has 2 N–H and O–H groups in total. The third kappa shape index (κ3) is 6.03. The van der Waals surface area contributed by atoms with E-state index in [0.717, 1.165) is 12.8 Å². The molecule has 7 nitrogen and oxygen atoms in total. The maximum atomic E-state index is 12.6. The number of amides is 2. The third-order valence-corrected chi connectivity index (χ3v) is 5.98. The molecule has 1 heterocycles. The van der Waals surface area contributed by atoms with E-state index in [2.05, 4.69) is 10.6 Å². The smallest absolute Gasteiger partial charge is 0.251 e. The first-order valence-corrected chi connectivity index (χ1v) is 10.7. The highest BCUT2D eigenvalue weighted by molar-refractivity contribution is 6.44. The van der Waals surface area contributed by atoms with E-state index in [1.807, 2.05) is 4.90 Å². The zero-order chi connectivity index (χ0) is 22.4. The number of benzene rings is 2. The van der Waals surface area contributed by atoms with E-state index in [9.17, 15) is 9.59 Å². The summed E-state index contributed by atoms with van der Waals surface area (Å²) in [5.41, 5.74) is 1.01. The molecule has 3 rings (SSSR count). The molecule has 2 aromatic rings. The molecule has 2 aromatic carbocycles. The van der Waals surface area contributed by atoms with Crippen LogP contribution in [0.2, 0.25) is 10.0 Å². The molecule has 9 heteroatoms. The highest BCUT2D eigenvalue weighted by atomic mass is 35.5. The monoisotopic (exact) mass is 465 g/mol. The van der Waals surface area contributed by atoms with Crippen LogP contribution in [0, 0.1) is 0 Å². The zero-order valence-corrected chi connectivity index (χ0v) is 18.9. The molecular weight excluding hydrogens is 441 g/mol. The van der Waals surface area contributed by atoms with Gasteiger partial charge in [-0.2, -0.15) is 0 Å². The van der Waals surface area contributed by atoms with Crippen LogP contribution >= 0.6 is 23.2 Å². The average Bonchev–Trinajstić information content (AvgIpc) is 2.77. The lowest BCUT2D eigenvalue weighted by molar-refractivity contribution is -0.117. The Hall–Kier alpha value is -2.48. The Morgan fingerprint density at radius 3 is 2.45 bits per heavy atom. The number of carbonyl (C=O) groups excluding carboxylic acids is 2. The SMILES string of the molecule is COc1ccc(C(=O)NC2CCN(CC(=O)Nc3cccc(Cl)c3Cl)CC2)cc1OC. The Morgan fingerprint density at radius 1 is 1.06 bits per heavy atom. The number of hydrogen-bond donors (Lipinski definition) is 2. The zero-order valence-electron chi connectivity index (χ0n) is 17.4. The number of nitrogens with one attached hydrogen (secondary N) is 2. The molecule has 1 aliphatic rings. The predicted molar refractivity (Wildman–Crippen MR) is 122 cm³/mol. The van der Waals surface area contributed by atoms with Crippen molar-refractivity contribution in [1.82, 2.24) is 10.2 Å². The van der Waals surface area contributed by atoms with Crippen LogP contribution < -0.4 is 20.1 Å². The second-order valence-electron chi connectivity index (χ2n) is 7.24. The molecule has 0 aliphatic carbocycles. The van der Waals surface area contributed by atoms with Crippen molar-refractivity contribution in [3.63, 3.8) is 0 Å². The quantitative estimate of drug-likeness (QED) is 0.648. The van der Waals surface area contributed by atoms with E-state index < -0.39 is 0 Å². The standard InChI is InChI=1S/C22H25Cl2N3O4/c1-30-18-7-6-14(12-19(18)31-2)22(29)25-15-8-10-27(11-9-15)13-20(28)26-17-5-3-4-16(23)21(17)24/h3-7,12,15H,8-11,13H2,1-2H3,(H,25,29)(H,26,28). The number of nitrogens with zero attached hydrogens (tertiary/aromatic N) is 1. The molecule has 2 amide bonds. The van der Waals surface area contributed by atoms with Crippen molar-refractivity contribution >= 4 is 40.7 Å². The van der Waals surface area contributed by atoms with E-state index in [1.165, 1.54) is 7.11 Å². The Morgan fingerprint density at radius 2 is 1.77 bits per heavy atom. The molecule has 0 saturated carbocycles. The number of likely N-dealkylation sites (tertiary alicyclic amines) is 1. The van der Waals surface area contributed by atoms with Gasteiger partial charge >= 0.3 is 0 Å². The summed E-state index contributed by atoms with van der Waals surface area (Å²) < 4.78 is 10.5. The van der Waals surface area contributed by atoms with Gasteiger partial charge in [0, 0.05) is 24.7 Å². The summed E-state index contributed by atoms with van der Waals surface area (Å²) in [4.78, 5) is 27.0. The van der Waals surface area contributed by atoms with Crippen LogP contribution in [-0.4, -0.2) is 56.6 Å². The van der Waals surface area contributed by atoms with Crippen molar-refractivity contribution in [2.45, 2.75) is 18.9 Å². The van der Waals surface area contributed by atoms with Crippen LogP contribution in [0.25, 0.3) is 0 Å². The fourth-order valence-electron chi connectivity index (χ4n) is 3.47. The van der Waals surface area contributed by atoms with Gasteiger partial charge in [0.1, 0.15) is 0 Å². The number of ether oxygens (including phenoxy) is 2. The van der Waals surface area contributed by atoms with Crippen LogP contribution in [0.5, 0.6) is 11.5 Å². The minimum absolute atomic E-state index is 0.0438. The first-order valence-electron chi connectivity index (χ1n) is 9.90. The first-order chi connectivity index (χ1) is 14.9. The molecule has 1 saturated heterocycles. The number of halogens is 2. The van der Waals surface area contributed by atoms with E-state index in [0.29, 0.717) is 45.9 Å². The van der Waals surface area contributed by atoms with Crippen molar-refractivity contribution in [3.05, 3.63) is 52.0 Å². The molecular formula is C22H25Cl2N3O4. The summed E-state index contributed by atoms with van der Waals surface area (Å²) in [7, 11) is 3.08. The van der Waals surface area contributed by atoms with Crippen LogP contribution in [0.3, 0.4) is 0 Å². The van der Waals surface area contributed by atoms with Crippen molar-refractivity contribution in [2.75, 3.05) is 39.2 Å². The maximum Gasteiger partial charge on any atom is 0.251 e. The highest BCUT2D eigenvalue weighted by Gasteiger charge is 2.23. The first kappa shape index (κ1) is 23.2. The molecule has 166 valence electrons. The van der Waals surface area contributed by atoms with Gasteiger partial charge in [-0.05, 0) is 43.2 Å². The van der Waals surface area contributed by atoms with E-state index in [4.69, 9.17) is 32.7 Å². The van der Waals surface area contributed by atoms with E-state index in [1.54, 1.807) is 43.5 Å². The van der Waals surface area contributed by atoms with Gasteiger partial charge in [0.15, 0.2) is 11.5 Å². The number of hydrogen-bond acceptors (Lipinski definition) is 5. The second-order valence-corrected chi connectivity index (χ2v) is 8.03. The summed E-state index contributed by atoms with van der Waals surface area (Å²) in [6.07, 6.45) is 1.51. The molecule has 1 fully saturated rings. The number of carbonyl (C=O) groups is 2. The number of methoxy groups -OCH3 is 2. The highest BCUT2D eigenvalue weighted by Crippen LogP contribution is 2.30. The van der Waals surface area contributed by atoms with Crippen LogP contribution in [0.1, 0.15) is 23.2 Å². The van der Waals surface area contributed by atoms with Gasteiger partial charge in [0.05, 0.1) is 36.5 Å². The summed E-state index contributed by atoms with van der Waals surface area (Å²) in [6, 6.07) is 10.2. The van der Waals surface area contributed by atoms with Crippen molar-refractivity contribution in [3.8, 4) is 11.5 Å². The van der Waals surface area contributed by atoms with Gasteiger partial charge in [-0.25, -0.2) is 0 Å². The molecule has 0 radical (unpaired) electrons. The number of piperidine rings is 1. The van der Waals surface area contributed by atoms with Gasteiger partial charge in [0.25, 0.3) is 5.91 Å². The lowest BCUT2D eigenvalue weighted by atomic mass is 10.0. The summed E-state index contributed by atoms with van der Waals surface area (Å²) in [6.45, 7) is 1.65. The Bertz CT molecular complexity index is 946. The molecule has 0 unspecified atom stereocenters. The van der Waals surface area contributed by atoms with Crippen molar-refractivity contribution in [1.29, 1.82) is 0 Å². The fraction of sp³-hybridized carbons (Fsp3) is 0.364. The minimum atomic E-state index is -0.159. The molecule has 0 spiro atoms. The number of anilines is 1. The van der Waals surface area contributed by atoms with Crippen molar-refractivity contribution < 1.29 is 19.1 Å². The maximum absolute atomic E-state index is 12.6. The van der Waals surface area contributed by atoms with Crippen LogP contribution in [-0.2, 0) is 4.79 Å².